The number of rotatable bonds is 3. The molecule has 0 atom stereocenters. The Kier molecular flexibility index (Phi) is 5.38. The van der Waals surface area contributed by atoms with E-state index in [0.717, 1.165) is 23.7 Å². The second-order valence-electron chi connectivity index (χ2n) is 7.05. The van der Waals surface area contributed by atoms with Crippen LogP contribution >= 0.6 is 22.9 Å². The minimum Gasteiger partial charge on any atom is -0.368 e. The first-order valence-corrected chi connectivity index (χ1v) is 10.6. The molecule has 1 aromatic heterocycles. The Bertz CT molecular complexity index is 1010. The molecule has 0 aliphatic carbocycles. The van der Waals surface area contributed by atoms with Crippen LogP contribution in [0.5, 0.6) is 0 Å². The van der Waals surface area contributed by atoms with Gasteiger partial charge in [-0.3, -0.25) is 4.79 Å². The van der Waals surface area contributed by atoms with E-state index >= 15 is 0 Å². The number of hydrogen-bond donors (Lipinski definition) is 0. The highest BCUT2D eigenvalue weighted by molar-refractivity contribution is 7.13. The van der Waals surface area contributed by atoms with E-state index in [2.05, 4.69) is 41.9 Å². The molecule has 0 bridgehead atoms. The Morgan fingerprint density at radius 1 is 1.07 bits per heavy atom. The number of carbonyl (C=O) groups is 1. The maximum absolute atomic E-state index is 12.9. The average Bonchev–Trinajstić information content (AvgIpc) is 3.20. The summed E-state index contributed by atoms with van der Waals surface area (Å²) < 4.78 is 0. The molecule has 1 amide bonds. The first-order chi connectivity index (χ1) is 13.5. The lowest BCUT2D eigenvalue weighted by molar-refractivity contribution is 0.0742. The molecule has 1 saturated heterocycles. The normalized spacial score (nSPS) is 14.4. The van der Waals surface area contributed by atoms with Crippen LogP contribution in [0.2, 0.25) is 5.02 Å². The Morgan fingerprint density at radius 2 is 1.82 bits per heavy atom. The Morgan fingerprint density at radius 3 is 2.57 bits per heavy atom. The highest BCUT2D eigenvalue weighted by Gasteiger charge is 2.25. The molecule has 4 rings (SSSR count). The number of amides is 1. The number of benzene rings is 2. The van der Waals surface area contributed by atoms with Crippen LogP contribution in [0, 0.1) is 13.8 Å². The minimum absolute atomic E-state index is 0.00476. The fourth-order valence-corrected chi connectivity index (χ4v) is 4.50. The van der Waals surface area contributed by atoms with E-state index in [1.165, 1.54) is 28.2 Å². The molecule has 1 fully saturated rings. The van der Waals surface area contributed by atoms with Crippen molar-refractivity contribution in [3.05, 3.63) is 69.7 Å². The van der Waals surface area contributed by atoms with Crippen molar-refractivity contribution in [1.82, 2.24) is 9.88 Å². The van der Waals surface area contributed by atoms with Crippen LogP contribution in [0.3, 0.4) is 0 Å². The van der Waals surface area contributed by atoms with Crippen molar-refractivity contribution in [2.24, 2.45) is 0 Å². The van der Waals surface area contributed by atoms with Gasteiger partial charge in [0.15, 0.2) is 0 Å². The zero-order valence-electron chi connectivity index (χ0n) is 16.0. The first kappa shape index (κ1) is 19.0. The van der Waals surface area contributed by atoms with Gasteiger partial charge in [-0.05, 0) is 43.2 Å². The molecule has 2 aromatic carbocycles. The second-order valence-corrected chi connectivity index (χ2v) is 8.34. The molecule has 1 aliphatic heterocycles. The fourth-order valence-electron chi connectivity index (χ4n) is 3.52. The number of aryl methyl sites for hydroxylation is 1. The molecule has 0 unspecified atom stereocenters. The van der Waals surface area contributed by atoms with Gasteiger partial charge in [0.05, 0.1) is 0 Å². The smallest absolute Gasteiger partial charge is 0.273 e. The highest BCUT2D eigenvalue weighted by atomic mass is 35.5. The largest absolute Gasteiger partial charge is 0.368 e. The molecule has 0 N–H and O–H groups in total. The van der Waals surface area contributed by atoms with Crippen molar-refractivity contribution < 1.29 is 4.79 Å². The van der Waals surface area contributed by atoms with E-state index in [9.17, 15) is 4.79 Å². The molecule has 3 aromatic rings. The lowest BCUT2D eigenvalue weighted by atomic mass is 10.1. The molecule has 1 aliphatic rings. The van der Waals surface area contributed by atoms with Gasteiger partial charge in [-0.2, -0.15) is 0 Å². The van der Waals surface area contributed by atoms with Gasteiger partial charge in [0.2, 0.25) is 0 Å². The summed E-state index contributed by atoms with van der Waals surface area (Å²) in [5, 5.41) is 3.33. The number of anilines is 1. The van der Waals surface area contributed by atoms with Crippen molar-refractivity contribution in [3.63, 3.8) is 0 Å². The number of nitrogens with zero attached hydrogens (tertiary/aromatic N) is 3. The third-order valence-corrected chi connectivity index (χ3v) is 6.40. The molecule has 0 saturated carbocycles. The predicted octanol–water partition coefficient (Wildman–Crippen LogP) is 5.04. The van der Waals surface area contributed by atoms with Crippen LogP contribution in [0.15, 0.2) is 47.8 Å². The third-order valence-electron chi connectivity index (χ3n) is 5.28. The SMILES string of the molecule is Cc1cccc(N2CCN(C(=O)c3csc(-c4cccc(Cl)c4)n3)CC2)c1C. The summed E-state index contributed by atoms with van der Waals surface area (Å²) in [4.78, 5) is 21.7. The van der Waals surface area contributed by atoms with Crippen LogP contribution in [-0.2, 0) is 0 Å². The maximum Gasteiger partial charge on any atom is 0.273 e. The third kappa shape index (κ3) is 3.77. The number of aromatic nitrogens is 1. The predicted molar refractivity (Wildman–Crippen MR) is 117 cm³/mol. The molecule has 144 valence electrons. The van der Waals surface area contributed by atoms with E-state index in [0.29, 0.717) is 23.8 Å². The number of carbonyl (C=O) groups excluding carboxylic acids is 1. The van der Waals surface area contributed by atoms with Crippen molar-refractivity contribution in [3.8, 4) is 10.6 Å². The van der Waals surface area contributed by atoms with Gasteiger partial charge in [0, 0.05) is 47.8 Å². The van der Waals surface area contributed by atoms with Gasteiger partial charge in [-0.1, -0.05) is 35.9 Å². The van der Waals surface area contributed by atoms with Crippen LogP contribution in [0.4, 0.5) is 5.69 Å². The highest BCUT2D eigenvalue weighted by Crippen LogP contribution is 2.27. The fraction of sp³-hybridized carbons (Fsp3) is 0.273. The molecule has 28 heavy (non-hydrogen) atoms. The van der Waals surface area contributed by atoms with Gasteiger partial charge in [-0.15, -0.1) is 11.3 Å². The molecule has 0 spiro atoms. The number of hydrogen-bond acceptors (Lipinski definition) is 4. The van der Waals surface area contributed by atoms with Crippen LogP contribution in [0.1, 0.15) is 21.6 Å². The van der Waals surface area contributed by atoms with Crippen molar-refractivity contribution in [1.29, 1.82) is 0 Å². The lowest BCUT2D eigenvalue weighted by Gasteiger charge is -2.36. The second kappa shape index (κ2) is 7.94. The monoisotopic (exact) mass is 411 g/mol. The summed E-state index contributed by atoms with van der Waals surface area (Å²) in [6, 6.07) is 14.0. The molecule has 6 heteroatoms. The van der Waals surface area contributed by atoms with E-state index in [4.69, 9.17) is 11.6 Å². The summed E-state index contributed by atoms with van der Waals surface area (Å²) in [7, 11) is 0. The quantitative estimate of drug-likeness (QED) is 0.605. The van der Waals surface area contributed by atoms with E-state index in [1.54, 1.807) is 0 Å². The summed E-state index contributed by atoms with van der Waals surface area (Å²) in [6.45, 7) is 7.38. The topological polar surface area (TPSA) is 36.4 Å². The molecular formula is C22H22ClN3OS. The van der Waals surface area contributed by atoms with Gasteiger partial charge >= 0.3 is 0 Å². The summed E-state index contributed by atoms with van der Waals surface area (Å²) in [5.74, 6) is 0.00476. The lowest BCUT2D eigenvalue weighted by Crippen LogP contribution is -2.49. The summed E-state index contributed by atoms with van der Waals surface area (Å²) in [5.41, 5.74) is 5.33. The Labute approximate surface area is 174 Å². The van der Waals surface area contributed by atoms with Gasteiger partial charge in [0.25, 0.3) is 5.91 Å². The molecule has 4 nitrogen and oxygen atoms in total. The standard InChI is InChI=1S/C22H22ClN3OS/c1-15-5-3-8-20(16(15)2)25-9-11-26(12-10-25)22(27)19-14-28-21(24-19)17-6-4-7-18(23)13-17/h3-8,13-14H,9-12H2,1-2H3. The van der Waals surface area contributed by atoms with Crippen molar-refractivity contribution >= 4 is 34.5 Å². The first-order valence-electron chi connectivity index (χ1n) is 9.35. The zero-order valence-corrected chi connectivity index (χ0v) is 17.6. The summed E-state index contributed by atoms with van der Waals surface area (Å²) >= 11 is 7.54. The number of thiazole rings is 1. The Balaban J connectivity index is 1.44. The average molecular weight is 412 g/mol. The summed E-state index contributed by atoms with van der Waals surface area (Å²) in [6.07, 6.45) is 0. The van der Waals surface area contributed by atoms with Gasteiger partial charge in [-0.25, -0.2) is 4.98 Å². The molecule has 2 heterocycles. The zero-order chi connectivity index (χ0) is 19.7. The van der Waals surface area contributed by atoms with E-state index in [-0.39, 0.29) is 5.91 Å². The number of piperazine rings is 1. The van der Waals surface area contributed by atoms with E-state index in [1.807, 2.05) is 34.5 Å². The van der Waals surface area contributed by atoms with Crippen LogP contribution < -0.4 is 4.90 Å². The Hall–Kier alpha value is -2.37. The van der Waals surface area contributed by atoms with Gasteiger partial charge < -0.3 is 9.80 Å². The molecule has 0 radical (unpaired) electrons. The number of halogens is 1. The van der Waals surface area contributed by atoms with Crippen LogP contribution in [-0.4, -0.2) is 42.0 Å². The van der Waals surface area contributed by atoms with Gasteiger partial charge in [0.1, 0.15) is 10.7 Å². The van der Waals surface area contributed by atoms with Crippen molar-refractivity contribution in [2.45, 2.75) is 13.8 Å². The van der Waals surface area contributed by atoms with E-state index < -0.39 is 0 Å². The molecular weight excluding hydrogens is 390 g/mol. The minimum atomic E-state index is 0.00476. The van der Waals surface area contributed by atoms with Crippen LogP contribution in [0.25, 0.3) is 10.6 Å². The maximum atomic E-state index is 12.9. The van der Waals surface area contributed by atoms with Crippen molar-refractivity contribution in [2.75, 3.05) is 31.1 Å².